The zero-order valence-electron chi connectivity index (χ0n) is 14.8. The number of ether oxygens (including phenoxy) is 2. The summed E-state index contributed by atoms with van der Waals surface area (Å²) in [5.74, 6) is 1.22. The molecule has 0 N–H and O–H groups in total. The molecule has 3 aromatic rings. The molecular weight excluding hydrogens is 350 g/mol. The highest BCUT2D eigenvalue weighted by Crippen LogP contribution is 2.25. The number of hydrogen-bond acceptors (Lipinski definition) is 7. The minimum atomic E-state index is -0.417. The van der Waals surface area contributed by atoms with E-state index in [4.69, 9.17) is 9.47 Å². The van der Waals surface area contributed by atoms with Crippen molar-refractivity contribution in [2.75, 3.05) is 7.11 Å². The first-order valence-corrected chi connectivity index (χ1v) is 8.00. The van der Waals surface area contributed by atoms with E-state index in [-0.39, 0.29) is 12.3 Å². The maximum absolute atomic E-state index is 10.9. The minimum Gasteiger partial charge on any atom is -0.496 e. The zero-order chi connectivity index (χ0) is 19.2. The smallest absolute Gasteiger partial charge is 0.272 e. The number of nitro groups is 1. The lowest BCUT2D eigenvalue weighted by atomic mass is 10.1. The average molecular weight is 367 g/mol. The summed E-state index contributed by atoms with van der Waals surface area (Å²) in [4.78, 5) is 15.7. The second kappa shape index (κ2) is 8.09. The predicted molar refractivity (Wildman–Crippen MR) is 98.2 cm³/mol. The lowest BCUT2D eigenvalue weighted by molar-refractivity contribution is -0.385. The van der Waals surface area contributed by atoms with Gasteiger partial charge in [-0.3, -0.25) is 10.1 Å². The number of aryl methyl sites for hydroxylation is 1. The van der Waals surface area contributed by atoms with Crippen molar-refractivity contribution in [1.29, 1.82) is 0 Å². The summed E-state index contributed by atoms with van der Waals surface area (Å²) in [5, 5.41) is 19.0. The Balaban J connectivity index is 1.76. The van der Waals surface area contributed by atoms with E-state index in [2.05, 4.69) is 15.2 Å². The van der Waals surface area contributed by atoms with Crippen LogP contribution in [0.15, 0.2) is 54.2 Å². The maximum Gasteiger partial charge on any atom is 0.272 e. The first-order valence-electron chi connectivity index (χ1n) is 8.00. The average Bonchev–Trinajstić information content (AvgIpc) is 3.18. The van der Waals surface area contributed by atoms with Crippen molar-refractivity contribution in [3.05, 3.63) is 75.9 Å². The zero-order valence-corrected chi connectivity index (χ0v) is 14.8. The lowest BCUT2D eigenvalue weighted by Crippen LogP contribution is -2.01. The van der Waals surface area contributed by atoms with Crippen LogP contribution < -0.4 is 9.47 Å². The fraction of sp³-hybridized carbons (Fsp3) is 0.167. The first kappa shape index (κ1) is 18.1. The summed E-state index contributed by atoms with van der Waals surface area (Å²) in [6.07, 6.45) is 4.53. The molecule has 0 radical (unpaired) electrons. The summed E-state index contributed by atoms with van der Waals surface area (Å²) in [5.41, 5.74) is 2.25. The molecule has 0 amide bonds. The number of methoxy groups -OCH3 is 1. The van der Waals surface area contributed by atoms with Crippen LogP contribution >= 0.6 is 0 Å². The Kier molecular flexibility index (Phi) is 5.41. The van der Waals surface area contributed by atoms with E-state index >= 15 is 0 Å². The molecule has 27 heavy (non-hydrogen) atoms. The molecule has 3 rings (SSSR count). The molecule has 0 aliphatic heterocycles. The Morgan fingerprint density at radius 2 is 2.15 bits per heavy atom. The van der Waals surface area contributed by atoms with Gasteiger partial charge in [0.05, 0.1) is 18.2 Å². The van der Waals surface area contributed by atoms with E-state index < -0.39 is 4.92 Å². The van der Waals surface area contributed by atoms with Gasteiger partial charge in [0.2, 0.25) is 0 Å². The molecule has 0 aliphatic carbocycles. The number of nitro benzene ring substituents is 1. The highest BCUT2D eigenvalue weighted by molar-refractivity contribution is 5.80. The van der Waals surface area contributed by atoms with E-state index in [0.29, 0.717) is 17.1 Å². The molecule has 9 heteroatoms. The number of benzene rings is 2. The fourth-order valence-electron chi connectivity index (χ4n) is 2.46. The second-order valence-corrected chi connectivity index (χ2v) is 5.63. The van der Waals surface area contributed by atoms with Crippen LogP contribution in [0.2, 0.25) is 0 Å². The van der Waals surface area contributed by atoms with Gasteiger partial charge in [0.1, 0.15) is 30.8 Å². The standard InChI is InChI=1S/C18H17N5O4/c1-13-7-16(4-5-17(13)23(24)25)27-10-15-8-14(3-6-18(15)26-2)9-20-22-12-19-11-21-22/h3-9,11-12H,10H2,1-2H3/b20-9+. The fourth-order valence-corrected chi connectivity index (χ4v) is 2.46. The molecule has 1 heterocycles. The number of rotatable bonds is 7. The van der Waals surface area contributed by atoms with E-state index in [0.717, 1.165) is 11.1 Å². The van der Waals surface area contributed by atoms with Gasteiger partial charge >= 0.3 is 0 Å². The first-order chi connectivity index (χ1) is 13.1. The van der Waals surface area contributed by atoms with Gasteiger partial charge in [-0.25, -0.2) is 4.98 Å². The molecule has 0 bridgehead atoms. The Morgan fingerprint density at radius 3 is 2.81 bits per heavy atom. The molecule has 0 saturated carbocycles. The minimum absolute atomic E-state index is 0.0613. The SMILES string of the molecule is COc1ccc(/C=N/n2cncn2)cc1COc1ccc([N+](=O)[O-])c(C)c1. The van der Waals surface area contributed by atoms with E-state index in [9.17, 15) is 10.1 Å². The molecule has 2 aromatic carbocycles. The van der Waals surface area contributed by atoms with Gasteiger partial charge in [0, 0.05) is 17.2 Å². The van der Waals surface area contributed by atoms with Crippen LogP contribution in [-0.4, -0.2) is 33.1 Å². The van der Waals surface area contributed by atoms with Crippen molar-refractivity contribution in [1.82, 2.24) is 14.9 Å². The van der Waals surface area contributed by atoms with E-state index in [1.165, 1.54) is 23.5 Å². The van der Waals surface area contributed by atoms with Crippen LogP contribution in [0.25, 0.3) is 0 Å². The van der Waals surface area contributed by atoms with Crippen LogP contribution in [0.5, 0.6) is 11.5 Å². The van der Waals surface area contributed by atoms with Crippen molar-refractivity contribution in [2.24, 2.45) is 5.10 Å². The van der Waals surface area contributed by atoms with Crippen LogP contribution in [0.3, 0.4) is 0 Å². The Labute approximate surface area is 155 Å². The lowest BCUT2D eigenvalue weighted by Gasteiger charge is -2.11. The molecule has 0 spiro atoms. The van der Waals surface area contributed by atoms with Crippen LogP contribution in [-0.2, 0) is 6.61 Å². The van der Waals surface area contributed by atoms with Gasteiger partial charge in [-0.1, -0.05) is 0 Å². The predicted octanol–water partition coefficient (Wildman–Crippen LogP) is 2.96. The molecule has 138 valence electrons. The summed E-state index contributed by atoms with van der Waals surface area (Å²) < 4.78 is 11.2. The van der Waals surface area contributed by atoms with Gasteiger partial charge in [-0.05, 0) is 42.8 Å². The summed E-state index contributed by atoms with van der Waals surface area (Å²) in [7, 11) is 1.58. The Morgan fingerprint density at radius 1 is 1.30 bits per heavy atom. The van der Waals surface area contributed by atoms with Gasteiger partial charge in [0.25, 0.3) is 5.69 Å². The molecular formula is C18H17N5O4. The van der Waals surface area contributed by atoms with Crippen LogP contribution in [0.1, 0.15) is 16.7 Å². The highest BCUT2D eigenvalue weighted by atomic mass is 16.6. The summed E-state index contributed by atoms with van der Waals surface area (Å²) in [6, 6.07) is 10.2. The molecule has 0 aliphatic rings. The Bertz CT molecular complexity index is 970. The van der Waals surface area contributed by atoms with Crippen LogP contribution in [0, 0.1) is 17.0 Å². The van der Waals surface area contributed by atoms with Crippen molar-refractivity contribution < 1.29 is 14.4 Å². The van der Waals surface area contributed by atoms with Crippen molar-refractivity contribution in [3.63, 3.8) is 0 Å². The number of hydrogen-bond donors (Lipinski definition) is 0. The van der Waals surface area contributed by atoms with Gasteiger partial charge < -0.3 is 9.47 Å². The van der Waals surface area contributed by atoms with Crippen LogP contribution in [0.4, 0.5) is 5.69 Å². The van der Waals surface area contributed by atoms with Gasteiger partial charge in [0.15, 0.2) is 0 Å². The van der Waals surface area contributed by atoms with Crippen molar-refractivity contribution in [2.45, 2.75) is 13.5 Å². The number of nitrogens with zero attached hydrogens (tertiary/aromatic N) is 5. The number of aromatic nitrogens is 3. The highest BCUT2D eigenvalue weighted by Gasteiger charge is 2.11. The van der Waals surface area contributed by atoms with Gasteiger partial charge in [-0.15, -0.1) is 9.89 Å². The molecule has 0 fully saturated rings. The quantitative estimate of drug-likeness (QED) is 0.361. The third-order valence-corrected chi connectivity index (χ3v) is 3.80. The monoisotopic (exact) mass is 367 g/mol. The molecule has 0 unspecified atom stereocenters. The normalized spacial score (nSPS) is 10.9. The molecule has 1 aromatic heterocycles. The molecule has 0 saturated heterocycles. The molecule has 9 nitrogen and oxygen atoms in total. The van der Waals surface area contributed by atoms with Crippen molar-refractivity contribution in [3.8, 4) is 11.5 Å². The summed E-state index contributed by atoms with van der Waals surface area (Å²) in [6.45, 7) is 1.91. The summed E-state index contributed by atoms with van der Waals surface area (Å²) >= 11 is 0. The van der Waals surface area contributed by atoms with E-state index in [1.54, 1.807) is 32.4 Å². The molecule has 0 atom stereocenters. The van der Waals surface area contributed by atoms with Crippen molar-refractivity contribution >= 4 is 11.9 Å². The topological polar surface area (TPSA) is 105 Å². The van der Waals surface area contributed by atoms with E-state index in [1.807, 2.05) is 18.2 Å². The van der Waals surface area contributed by atoms with Gasteiger partial charge in [-0.2, -0.15) is 5.10 Å². The maximum atomic E-state index is 10.9. The second-order valence-electron chi connectivity index (χ2n) is 5.63. The third kappa shape index (κ3) is 4.46. The third-order valence-electron chi connectivity index (χ3n) is 3.80. The Hall–Kier alpha value is -3.75. The largest absolute Gasteiger partial charge is 0.496 e.